The Bertz CT molecular complexity index is 742. The van der Waals surface area contributed by atoms with E-state index in [2.05, 4.69) is 51.5 Å². The topological polar surface area (TPSA) is 45.4 Å². The maximum atomic E-state index is 6.20. The molecule has 4 nitrogen and oxygen atoms in total. The van der Waals surface area contributed by atoms with Crippen LogP contribution in [0, 0.1) is 6.92 Å². The zero-order valence-corrected chi connectivity index (χ0v) is 15.4. The van der Waals surface area contributed by atoms with Crippen molar-refractivity contribution in [1.29, 1.82) is 0 Å². The molecule has 6 heteroatoms. The van der Waals surface area contributed by atoms with Gasteiger partial charge in [0.2, 0.25) is 0 Å². The van der Waals surface area contributed by atoms with Gasteiger partial charge in [0.25, 0.3) is 0 Å². The highest BCUT2D eigenvalue weighted by molar-refractivity contribution is 8.02. The number of rotatable bonds is 3. The quantitative estimate of drug-likeness (QED) is 0.895. The molecule has 1 fully saturated rings. The third-order valence-electron chi connectivity index (χ3n) is 4.54. The van der Waals surface area contributed by atoms with Crippen LogP contribution in [-0.4, -0.2) is 24.1 Å². The second-order valence-corrected chi connectivity index (χ2v) is 8.65. The lowest BCUT2D eigenvalue weighted by Gasteiger charge is -2.36. The molecule has 1 unspecified atom stereocenters. The summed E-state index contributed by atoms with van der Waals surface area (Å²) in [5.74, 6) is 0. The Labute approximate surface area is 151 Å². The van der Waals surface area contributed by atoms with Crippen LogP contribution in [0.25, 0.3) is 0 Å². The summed E-state index contributed by atoms with van der Waals surface area (Å²) >= 11 is 3.72. The average Bonchev–Trinajstić information content (AvgIpc) is 3.23. The molecule has 2 aromatic rings. The Balaban J connectivity index is 1.67. The van der Waals surface area contributed by atoms with E-state index in [4.69, 9.17) is 5.73 Å². The van der Waals surface area contributed by atoms with E-state index in [9.17, 15) is 0 Å². The molecule has 2 N–H and O–H groups in total. The van der Waals surface area contributed by atoms with E-state index in [0.717, 1.165) is 25.9 Å². The Morgan fingerprint density at radius 2 is 2.17 bits per heavy atom. The van der Waals surface area contributed by atoms with Crippen molar-refractivity contribution in [1.82, 2.24) is 4.98 Å². The van der Waals surface area contributed by atoms with Gasteiger partial charge in [-0.15, -0.1) is 23.1 Å². The van der Waals surface area contributed by atoms with Gasteiger partial charge < -0.3 is 15.5 Å². The number of hydrogen-bond acceptors (Lipinski definition) is 6. The van der Waals surface area contributed by atoms with Gasteiger partial charge in [0.05, 0.1) is 17.6 Å². The normalized spacial score (nSPS) is 23.9. The van der Waals surface area contributed by atoms with Crippen molar-refractivity contribution in [2.24, 2.45) is 5.73 Å². The number of anilines is 2. The fourth-order valence-electron chi connectivity index (χ4n) is 3.39. The highest BCUT2D eigenvalue weighted by Crippen LogP contribution is 2.46. The maximum Gasteiger partial charge on any atom is 0.118 e. The van der Waals surface area contributed by atoms with Crippen LogP contribution in [0.3, 0.4) is 0 Å². The first kappa shape index (κ1) is 16.0. The van der Waals surface area contributed by atoms with Crippen LogP contribution in [0.2, 0.25) is 0 Å². The van der Waals surface area contributed by atoms with Gasteiger partial charge in [-0.05, 0) is 43.4 Å². The molecule has 1 saturated heterocycles. The molecular formula is C18H22N4S2. The SMILES string of the molecule is Cc1ccc([C@@H]2SC=CN2c2cnccc2N2CCCC(N)C2)s1. The van der Waals surface area contributed by atoms with Crippen LogP contribution >= 0.6 is 23.1 Å². The molecule has 0 bridgehead atoms. The van der Waals surface area contributed by atoms with Crippen molar-refractivity contribution in [2.75, 3.05) is 22.9 Å². The summed E-state index contributed by atoms with van der Waals surface area (Å²) in [5, 5.41) is 2.48. The first-order chi connectivity index (χ1) is 11.7. The van der Waals surface area contributed by atoms with Crippen LogP contribution in [0.15, 0.2) is 42.2 Å². The number of hydrogen-bond donors (Lipinski definition) is 1. The van der Waals surface area contributed by atoms with Gasteiger partial charge in [-0.2, -0.15) is 0 Å². The summed E-state index contributed by atoms with van der Waals surface area (Å²) in [6, 6.07) is 6.83. The molecule has 4 heterocycles. The molecule has 2 atom stereocenters. The van der Waals surface area contributed by atoms with E-state index >= 15 is 0 Å². The van der Waals surface area contributed by atoms with E-state index in [1.54, 1.807) is 0 Å². The molecule has 2 aliphatic heterocycles. The molecule has 24 heavy (non-hydrogen) atoms. The number of pyridine rings is 1. The average molecular weight is 359 g/mol. The van der Waals surface area contributed by atoms with Crippen molar-refractivity contribution < 1.29 is 0 Å². The summed E-state index contributed by atoms with van der Waals surface area (Å²) in [4.78, 5) is 11.9. The first-order valence-electron chi connectivity index (χ1n) is 8.34. The van der Waals surface area contributed by atoms with Crippen LogP contribution in [-0.2, 0) is 0 Å². The Morgan fingerprint density at radius 3 is 2.96 bits per heavy atom. The third-order valence-corrected chi connectivity index (χ3v) is 6.76. The zero-order chi connectivity index (χ0) is 16.5. The maximum absolute atomic E-state index is 6.20. The largest absolute Gasteiger partial charge is 0.368 e. The van der Waals surface area contributed by atoms with Gasteiger partial charge in [-0.3, -0.25) is 4.98 Å². The van der Waals surface area contributed by atoms with E-state index in [1.807, 2.05) is 35.5 Å². The van der Waals surface area contributed by atoms with E-state index in [-0.39, 0.29) is 6.04 Å². The molecule has 0 amide bonds. The number of aryl methyl sites for hydroxylation is 1. The summed E-state index contributed by atoms with van der Waals surface area (Å²) in [5.41, 5.74) is 8.61. The molecule has 0 saturated carbocycles. The van der Waals surface area contributed by atoms with E-state index in [1.165, 1.54) is 21.1 Å². The van der Waals surface area contributed by atoms with E-state index < -0.39 is 0 Å². The number of piperidine rings is 1. The lowest BCUT2D eigenvalue weighted by atomic mass is 10.1. The smallest absolute Gasteiger partial charge is 0.118 e. The molecular weight excluding hydrogens is 336 g/mol. The predicted molar refractivity (Wildman–Crippen MR) is 105 cm³/mol. The highest BCUT2D eigenvalue weighted by Gasteiger charge is 2.28. The standard InChI is InChI=1S/C18H22N4S2/c1-13-4-5-17(24-13)18-22(9-10-23-18)16-11-20-7-6-15(16)21-8-2-3-14(19)12-21/h4-7,9-11,14,18H,2-3,8,12,19H2,1H3/t14?,18-/m0/s1. The number of aromatic nitrogens is 1. The first-order valence-corrected chi connectivity index (χ1v) is 10.1. The molecule has 0 radical (unpaired) electrons. The van der Waals surface area contributed by atoms with Gasteiger partial charge in [-0.1, -0.05) is 0 Å². The molecule has 126 valence electrons. The fraction of sp³-hybridized carbons (Fsp3) is 0.389. The fourth-order valence-corrected chi connectivity index (χ4v) is 5.44. The molecule has 0 aliphatic carbocycles. The van der Waals surface area contributed by atoms with Crippen LogP contribution in [0.5, 0.6) is 0 Å². The number of thiophene rings is 1. The summed E-state index contributed by atoms with van der Waals surface area (Å²) in [6.07, 6.45) is 8.32. The zero-order valence-electron chi connectivity index (χ0n) is 13.8. The Hall–Kier alpha value is -1.50. The minimum Gasteiger partial charge on any atom is -0.368 e. The van der Waals surface area contributed by atoms with Gasteiger partial charge in [0, 0.05) is 41.3 Å². The van der Waals surface area contributed by atoms with Gasteiger partial charge in [0.1, 0.15) is 5.37 Å². The second-order valence-electron chi connectivity index (χ2n) is 6.34. The monoisotopic (exact) mass is 358 g/mol. The predicted octanol–water partition coefficient (Wildman–Crippen LogP) is 4.10. The number of nitrogens with two attached hydrogens (primary N) is 1. The van der Waals surface area contributed by atoms with Crippen LogP contribution in [0.1, 0.15) is 28.0 Å². The Morgan fingerprint density at radius 1 is 1.25 bits per heavy atom. The van der Waals surface area contributed by atoms with Gasteiger partial charge in [0.15, 0.2) is 0 Å². The summed E-state index contributed by atoms with van der Waals surface area (Å²) in [6.45, 7) is 4.15. The van der Waals surface area contributed by atoms with Gasteiger partial charge >= 0.3 is 0 Å². The van der Waals surface area contributed by atoms with Crippen molar-refractivity contribution in [3.05, 3.63) is 52.0 Å². The molecule has 2 aliphatic rings. The highest BCUT2D eigenvalue weighted by atomic mass is 32.2. The van der Waals surface area contributed by atoms with Crippen LogP contribution < -0.4 is 15.5 Å². The summed E-state index contributed by atoms with van der Waals surface area (Å²) < 4.78 is 0. The van der Waals surface area contributed by atoms with Crippen molar-refractivity contribution in [3.8, 4) is 0 Å². The van der Waals surface area contributed by atoms with Gasteiger partial charge in [-0.25, -0.2) is 0 Å². The third kappa shape index (κ3) is 3.06. The van der Waals surface area contributed by atoms with Crippen LogP contribution in [0.4, 0.5) is 11.4 Å². The number of thioether (sulfide) groups is 1. The minimum absolute atomic E-state index is 0.263. The Kier molecular flexibility index (Phi) is 4.52. The van der Waals surface area contributed by atoms with E-state index in [0.29, 0.717) is 5.37 Å². The molecule has 2 aromatic heterocycles. The lowest BCUT2D eigenvalue weighted by Crippen LogP contribution is -2.43. The molecule has 4 rings (SSSR count). The molecule has 0 aromatic carbocycles. The lowest BCUT2D eigenvalue weighted by molar-refractivity contribution is 0.506. The molecule has 0 spiro atoms. The number of nitrogens with zero attached hydrogens (tertiary/aromatic N) is 3. The van der Waals surface area contributed by atoms with Crippen molar-refractivity contribution in [3.63, 3.8) is 0 Å². The minimum atomic E-state index is 0.263. The second kappa shape index (κ2) is 6.78. The van der Waals surface area contributed by atoms with Crippen molar-refractivity contribution in [2.45, 2.75) is 31.2 Å². The summed E-state index contributed by atoms with van der Waals surface area (Å²) in [7, 11) is 0. The van der Waals surface area contributed by atoms with Crippen molar-refractivity contribution >= 4 is 34.5 Å².